The van der Waals surface area contributed by atoms with Gasteiger partial charge in [0.25, 0.3) is 0 Å². The number of para-hydroxylation sites is 1. The molecule has 0 aromatic heterocycles. The van der Waals surface area contributed by atoms with Crippen molar-refractivity contribution < 1.29 is 5.11 Å². The number of aliphatic hydroxyl groups is 1. The molecule has 0 bridgehead atoms. The zero-order chi connectivity index (χ0) is 9.97. The lowest BCUT2D eigenvalue weighted by molar-refractivity contribution is 0.354. The fourth-order valence-corrected chi connectivity index (χ4v) is 1.49. The lowest BCUT2D eigenvalue weighted by Crippen LogP contribution is -2.40. The number of aliphatic hydroxyl groups excluding tert-OH is 1. The van der Waals surface area contributed by atoms with E-state index in [-0.39, 0.29) is 12.8 Å². The molecular weight excluding hydrogens is 178 g/mol. The highest BCUT2D eigenvalue weighted by Gasteiger charge is 2.21. The van der Waals surface area contributed by atoms with E-state index in [0.29, 0.717) is 5.84 Å². The standard InChI is InChI=1S/C10H13N3O/c1-8-11-10(7-14)12-13(8)9-5-3-2-4-6-9/h2-6,8,14H,7H2,1H3,(H,11,12)/t8-/m0/s1. The predicted molar refractivity (Wildman–Crippen MR) is 56.0 cm³/mol. The van der Waals surface area contributed by atoms with Crippen LogP contribution in [-0.4, -0.2) is 23.7 Å². The van der Waals surface area contributed by atoms with Crippen molar-refractivity contribution in [3.8, 4) is 0 Å². The van der Waals surface area contributed by atoms with Crippen LogP contribution in [0.1, 0.15) is 6.92 Å². The highest BCUT2D eigenvalue weighted by atomic mass is 16.3. The Bertz CT molecular complexity index is 336. The monoisotopic (exact) mass is 191 g/mol. The van der Waals surface area contributed by atoms with Crippen molar-refractivity contribution in [1.29, 1.82) is 0 Å². The average molecular weight is 191 g/mol. The molecule has 4 nitrogen and oxygen atoms in total. The molecule has 0 aliphatic carbocycles. The summed E-state index contributed by atoms with van der Waals surface area (Å²) in [5.41, 5.74) is 4.09. The summed E-state index contributed by atoms with van der Waals surface area (Å²) in [7, 11) is 0. The molecule has 1 aliphatic heterocycles. The molecule has 1 aromatic carbocycles. The van der Waals surface area contributed by atoms with Crippen LogP contribution in [0, 0.1) is 0 Å². The number of amidine groups is 1. The Kier molecular flexibility index (Phi) is 2.37. The molecule has 0 amide bonds. The Morgan fingerprint density at radius 3 is 2.71 bits per heavy atom. The SMILES string of the molecule is C[C@H]1N=C(CO)NN1c1ccccc1. The Hall–Kier alpha value is -1.55. The first kappa shape index (κ1) is 9.02. The van der Waals surface area contributed by atoms with Gasteiger partial charge < -0.3 is 5.11 Å². The van der Waals surface area contributed by atoms with E-state index in [4.69, 9.17) is 5.11 Å². The molecule has 0 spiro atoms. The molecule has 74 valence electrons. The minimum atomic E-state index is -0.0479. The minimum absolute atomic E-state index is 0.0274. The van der Waals surface area contributed by atoms with Crippen LogP contribution in [0.5, 0.6) is 0 Å². The highest BCUT2D eigenvalue weighted by Crippen LogP contribution is 2.17. The number of hydrogen-bond donors (Lipinski definition) is 2. The summed E-state index contributed by atoms with van der Waals surface area (Å²) in [6.45, 7) is 1.93. The molecule has 4 heteroatoms. The smallest absolute Gasteiger partial charge is 0.143 e. The number of nitrogens with one attached hydrogen (secondary N) is 1. The van der Waals surface area contributed by atoms with Gasteiger partial charge in [0.1, 0.15) is 18.6 Å². The largest absolute Gasteiger partial charge is 0.388 e. The quantitative estimate of drug-likeness (QED) is 0.725. The van der Waals surface area contributed by atoms with Crippen molar-refractivity contribution in [3.63, 3.8) is 0 Å². The molecule has 1 heterocycles. The molecule has 1 aromatic rings. The van der Waals surface area contributed by atoms with Gasteiger partial charge in [-0.05, 0) is 19.1 Å². The Morgan fingerprint density at radius 2 is 2.14 bits per heavy atom. The fraction of sp³-hybridized carbons (Fsp3) is 0.300. The molecule has 0 saturated heterocycles. The summed E-state index contributed by atoms with van der Waals surface area (Å²) in [6, 6.07) is 9.91. The van der Waals surface area contributed by atoms with E-state index in [1.165, 1.54) is 0 Å². The Balaban J connectivity index is 2.16. The zero-order valence-electron chi connectivity index (χ0n) is 8.01. The second-order valence-corrected chi connectivity index (χ2v) is 3.18. The first-order valence-corrected chi connectivity index (χ1v) is 4.60. The number of aliphatic imine (C=N–C) groups is 1. The first-order valence-electron chi connectivity index (χ1n) is 4.60. The fourth-order valence-electron chi connectivity index (χ4n) is 1.49. The summed E-state index contributed by atoms with van der Waals surface area (Å²) >= 11 is 0. The molecule has 0 radical (unpaired) electrons. The maximum atomic E-state index is 8.93. The van der Waals surface area contributed by atoms with Crippen molar-refractivity contribution in [3.05, 3.63) is 30.3 Å². The maximum absolute atomic E-state index is 8.93. The van der Waals surface area contributed by atoms with E-state index in [1.807, 2.05) is 42.3 Å². The van der Waals surface area contributed by atoms with Crippen molar-refractivity contribution in [1.82, 2.24) is 5.43 Å². The van der Waals surface area contributed by atoms with Crippen LogP contribution in [0.2, 0.25) is 0 Å². The molecule has 2 rings (SSSR count). The number of anilines is 1. The van der Waals surface area contributed by atoms with Crippen LogP contribution in [0.15, 0.2) is 35.3 Å². The third-order valence-corrected chi connectivity index (χ3v) is 2.15. The lowest BCUT2D eigenvalue weighted by atomic mass is 10.3. The Labute approximate surface area is 82.9 Å². The highest BCUT2D eigenvalue weighted by molar-refractivity contribution is 5.87. The maximum Gasteiger partial charge on any atom is 0.143 e. The van der Waals surface area contributed by atoms with Crippen molar-refractivity contribution in [2.75, 3.05) is 11.6 Å². The number of hydrogen-bond acceptors (Lipinski definition) is 4. The normalized spacial score (nSPS) is 20.6. The zero-order valence-corrected chi connectivity index (χ0v) is 8.01. The van der Waals surface area contributed by atoms with Gasteiger partial charge in [0.2, 0.25) is 0 Å². The topological polar surface area (TPSA) is 47.9 Å². The molecule has 1 atom stereocenters. The lowest BCUT2D eigenvalue weighted by Gasteiger charge is -2.22. The van der Waals surface area contributed by atoms with Crippen LogP contribution < -0.4 is 10.4 Å². The van der Waals surface area contributed by atoms with Gasteiger partial charge in [0.15, 0.2) is 0 Å². The van der Waals surface area contributed by atoms with Crippen LogP contribution in [0.3, 0.4) is 0 Å². The second kappa shape index (κ2) is 3.67. The third-order valence-electron chi connectivity index (χ3n) is 2.15. The van der Waals surface area contributed by atoms with E-state index in [2.05, 4.69) is 10.4 Å². The van der Waals surface area contributed by atoms with Gasteiger partial charge in [-0.2, -0.15) is 0 Å². The van der Waals surface area contributed by atoms with Crippen LogP contribution in [0.4, 0.5) is 5.69 Å². The minimum Gasteiger partial charge on any atom is -0.388 e. The van der Waals surface area contributed by atoms with Crippen LogP contribution >= 0.6 is 0 Å². The molecule has 14 heavy (non-hydrogen) atoms. The van der Waals surface area contributed by atoms with Gasteiger partial charge in [-0.3, -0.25) is 10.4 Å². The summed E-state index contributed by atoms with van der Waals surface area (Å²) in [5, 5.41) is 10.9. The first-order chi connectivity index (χ1) is 6.81. The summed E-state index contributed by atoms with van der Waals surface area (Å²) < 4.78 is 0. The summed E-state index contributed by atoms with van der Waals surface area (Å²) in [4.78, 5) is 4.25. The molecular formula is C10H13N3O. The van der Waals surface area contributed by atoms with E-state index in [0.717, 1.165) is 5.69 Å². The number of nitrogens with zero attached hydrogens (tertiary/aromatic N) is 2. The second-order valence-electron chi connectivity index (χ2n) is 3.18. The van der Waals surface area contributed by atoms with Gasteiger partial charge in [0.05, 0.1) is 5.69 Å². The van der Waals surface area contributed by atoms with E-state index in [1.54, 1.807) is 0 Å². The average Bonchev–Trinajstić information content (AvgIpc) is 2.61. The summed E-state index contributed by atoms with van der Waals surface area (Å²) in [6.07, 6.45) is 0.0274. The van der Waals surface area contributed by atoms with Gasteiger partial charge in [0, 0.05) is 0 Å². The van der Waals surface area contributed by atoms with Gasteiger partial charge >= 0.3 is 0 Å². The van der Waals surface area contributed by atoms with Crippen molar-refractivity contribution in [2.24, 2.45) is 4.99 Å². The predicted octanol–water partition coefficient (Wildman–Crippen LogP) is 0.748. The molecule has 0 saturated carbocycles. The molecule has 0 unspecified atom stereocenters. The van der Waals surface area contributed by atoms with E-state index >= 15 is 0 Å². The van der Waals surface area contributed by atoms with Crippen LogP contribution in [-0.2, 0) is 0 Å². The Morgan fingerprint density at radius 1 is 1.43 bits per heavy atom. The number of hydrazine groups is 1. The summed E-state index contributed by atoms with van der Waals surface area (Å²) in [5.74, 6) is 0.612. The molecule has 2 N–H and O–H groups in total. The number of benzene rings is 1. The van der Waals surface area contributed by atoms with Crippen molar-refractivity contribution >= 4 is 11.5 Å². The molecule has 1 aliphatic rings. The van der Waals surface area contributed by atoms with Gasteiger partial charge in [-0.15, -0.1) is 0 Å². The van der Waals surface area contributed by atoms with E-state index < -0.39 is 0 Å². The van der Waals surface area contributed by atoms with Gasteiger partial charge in [-0.25, -0.2) is 4.99 Å². The molecule has 0 fully saturated rings. The van der Waals surface area contributed by atoms with E-state index in [9.17, 15) is 0 Å². The van der Waals surface area contributed by atoms with Crippen LogP contribution in [0.25, 0.3) is 0 Å². The number of rotatable bonds is 2. The third kappa shape index (κ3) is 1.56. The van der Waals surface area contributed by atoms with Crippen molar-refractivity contribution in [2.45, 2.75) is 13.1 Å². The van der Waals surface area contributed by atoms with Gasteiger partial charge in [-0.1, -0.05) is 18.2 Å².